The summed E-state index contributed by atoms with van der Waals surface area (Å²) in [6.45, 7) is 8.51. The summed E-state index contributed by atoms with van der Waals surface area (Å²) in [5.74, 6) is -0.0517. The van der Waals surface area contributed by atoms with Gasteiger partial charge in [0.25, 0.3) is 0 Å². The number of aliphatic carboxylic acids is 1. The Balaban J connectivity index is 1.17. The molecule has 1 N–H and O–H groups in total. The second-order valence-corrected chi connectivity index (χ2v) is 17.8. The van der Waals surface area contributed by atoms with Crippen LogP contribution in [0.5, 0.6) is 23.1 Å². The number of carboxylic acids is 1. The lowest BCUT2D eigenvalue weighted by molar-refractivity contribution is -0.145. The van der Waals surface area contributed by atoms with Gasteiger partial charge >= 0.3 is 5.97 Å². The van der Waals surface area contributed by atoms with Crippen LogP contribution in [0, 0.1) is 31.0 Å². The van der Waals surface area contributed by atoms with E-state index in [2.05, 4.69) is 42.9 Å². The second-order valence-electron chi connectivity index (χ2n) is 16.1. The number of hydrogen-bond acceptors (Lipinski definition) is 14. The maximum atomic E-state index is 14.3. The van der Waals surface area contributed by atoms with E-state index in [1.54, 1.807) is 42.6 Å². The molecular formula is C46H43Cl2FN8O6S. The zero-order valence-electron chi connectivity index (χ0n) is 35.2. The Kier molecular flexibility index (Phi) is 12.4. The molecule has 6 aromatic rings. The normalized spacial score (nSPS) is 19.2. The molecule has 1 unspecified atom stereocenters. The first-order valence-electron chi connectivity index (χ1n) is 20.8. The maximum Gasteiger partial charge on any atom is 0.345 e. The number of nitriles is 1. The molecule has 3 atom stereocenters. The van der Waals surface area contributed by atoms with Gasteiger partial charge in [0, 0.05) is 67.9 Å². The molecule has 4 aliphatic heterocycles. The first-order chi connectivity index (χ1) is 30.9. The Hall–Kier alpha value is -5.83. The highest BCUT2D eigenvalue weighted by Crippen LogP contribution is 2.53. The van der Waals surface area contributed by atoms with Crippen LogP contribution in [0.25, 0.3) is 31.8 Å². The van der Waals surface area contributed by atoms with Gasteiger partial charge in [0.2, 0.25) is 17.9 Å². The van der Waals surface area contributed by atoms with Crippen LogP contribution in [0.1, 0.15) is 28.8 Å². The van der Waals surface area contributed by atoms with Crippen LogP contribution in [0.3, 0.4) is 0 Å². The highest BCUT2D eigenvalue weighted by atomic mass is 35.5. The van der Waals surface area contributed by atoms with Gasteiger partial charge in [-0.15, -0.1) is 11.3 Å². The lowest BCUT2D eigenvalue weighted by Gasteiger charge is -2.36. The van der Waals surface area contributed by atoms with E-state index in [0.29, 0.717) is 101 Å². The molecule has 0 spiro atoms. The fourth-order valence-corrected chi connectivity index (χ4v) is 9.89. The van der Waals surface area contributed by atoms with E-state index in [1.807, 2.05) is 18.7 Å². The first kappa shape index (κ1) is 43.4. The summed E-state index contributed by atoms with van der Waals surface area (Å²) < 4.78 is 40.5. The number of thiophene rings is 1. The summed E-state index contributed by atoms with van der Waals surface area (Å²) in [7, 11) is 2.10. The number of aromatic nitrogens is 4. The Morgan fingerprint density at radius 1 is 1.00 bits per heavy atom. The third-order valence-corrected chi connectivity index (χ3v) is 13.9. The summed E-state index contributed by atoms with van der Waals surface area (Å²) in [6, 6.07) is 15.0. The molecule has 4 aliphatic rings. The topological polar surface area (TPSA) is 159 Å². The standard InChI is InChI=1S/C46H43Cl2FN8O6S/c1-25-36-26(2)40(48)41(39(25)47)62-33(21-56-16-14-55(3)15-17-56)23-60-32-8-9-34(61-22-30-10-12-51-46(54-30)57-13-11-31(57)20-50)28(18-32)19-35(45(58)59)63-43-38-37(36)42(64-44(38)53-24-52-43)27-4-6-29(49)7-5-27/h4-10,12,18,24,31,33,35H,11,13-17,19,21-23H2,1-3H3,(H,58,59)/t31?,33-,35-/m1/s1. The van der Waals surface area contributed by atoms with Crippen LogP contribution >= 0.6 is 34.5 Å². The fraction of sp³-hybridized carbons (Fsp3) is 0.348. The van der Waals surface area contributed by atoms with Crippen LogP contribution in [-0.2, 0) is 17.8 Å². The van der Waals surface area contributed by atoms with Gasteiger partial charge in [-0.05, 0) is 86.0 Å². The smallest absolute Gasteiger partial charge is 0.345 e. The molecule has 2 saturated heterocycles. The molecule has 0 aliphatic carbocycles. The molecule has 7 heterocycles. The van der Waals surface area contributed by atoms with Crippen molar-refractivity contribution >= 4 is 56.7 Å². The van der Waals surface area contributed by atoms with E-state index >= 15 is 0 Å². The molecule has 2 fully saturated rings. The van der Waals surface area contributed by atoms with E-state index in [4.69, 9.17) is 42.1 Å². The van der Waals surface area contributed by atoms with E-state index in [9.17, 15) is 19.6 Å². The molecule has 0 amide bonds. The average molecular weight is 926 g/mol. The largest absolute Gasteiger partial charge is 0.490 e. The highest BCUT2D eigenvalue weighted by Gasteiger charge is 2.33. The number of halogens is 3. The van der Waals surface area contributed by atoms with Crippen molar-refractivity contribution in [2.45, 2.75) is 51.5 Å². The summed E-state index contributed by atoms with van der Waals surface area (Å²) >= 11 is 15.9. The first-order valence-corrected chi connectivity index (χ1v) is 22.4. The second kappa shape index (κ2) is 18.3. The van der Waals surface area contributed by atoms with Crippen molar-refractivity contribution in [3.63, 3.8) is 0 Å². The Bertz CT molecular complexity index is 2750. The van der Waals surface area contributed by atoms with Crippen LogP contribution in [0.15, 0.2) is 61.1 Å². The molecule has 10 rings (SSSR count). The minimum atomic E-state index is -1.47. The number of carbonyl (C=O) groups is 1. The van der Waals surface area contributed by atoms with Gasteiger partial charge in [-0.1, -0.05) is 35.3 Å². The SMILES string of the molecule is Cc1c(Cl)c2c(Cl)c(C)c1-c1c(-c3ccc(F)cc3)sc3ncnc(c13)O[C@@H](C(=O)O)Cc1cc(ccc1OCc1ccnc(N3CCC3C#N)n1)OC[C@@H](CN1CCN(C)CC1)O2. The quantitative estimate of drug-likeness (QED) is 0.156. The van der Waals surface area contributed by atoms with Crippen LogP contribution < -0.4 is 23.8 Å². The van der Waals surface area contributed by atoms with Crippen molar-refractivity contribution in [3.05, 3.63) is 99.3 Å². The predicted molar refractivity (Wildman–Crippen MR) is 242 cm³/mol. The lowest BCUT2D eigenvalue weighted by Crippen LogP contribution is -2.49. The van der Waals surface area contributed by atoms with Crippen molar-refractivity contribution in [2.24, 2.45) is 0 Å². The van der Waals surface area contributed by atoms with Gasteiger partial charge in [0.15, 0.2) is 5.75 Å². The molecule has 3 aromatic heterocycles. The number of rotatable bonds is 8. The number of fused-ring (bicyclic) bond motifs is 7. The predicted octanol–water partition coefficient (Wildman–Crippen LogP) is 8.02. The van der Waals surface area contributed by atoms with Gasteiger partial charge in [0.05, 0.1) is 27.2 Å². The number of piperazine rings is 1. The number of nitrogens with zero attached hydrogens (tertiary/aromatic N) is 8. The average Bonchev–Trinajstić information content (AvgIpc) is 3.66. The van der Waals surface area contributed by atoms with Crippen molar-refractivity contribution in [1.82, 2.24) is 29.7 Å². The van der Waals surface area contributed by atoms with E-state index < -0.39 is 24.0 Å². The van der Waals surface area contributed by atoms with Crippen molar-refractivity contribution in [1.29, 1.82) is 5.26 Å². The molecule has 14 nitrogen and oxygen atoms in total. The van der Waals surface area contributed by atoms with Crippen LogP contribution in [-0.4, -0.2) is 112 Å². The number of benzene rings is 3. The molecule has 330 valence electrons. The summed E-state index contributed by atoms with van der Waals surface area (Å²) in [5, 5.41) is 21.3. The van der Waals surface area contributed by atoms with Gasteiger partial charge < -0.3 is 33.9 Å². The fourth-order valence-electron chi connectivity index (χ4n) is 8.23. The van der Waals surface area contributed by atoms with Gasteiger partial charge in [-0.25, -0.2) is 29.1 Å². The third-order valence-electron chi connectivity index (χ3n) is 11.9. The minimum Gasteiger partial charge on any atom is -0.490 e. The number of likely N-dealkylation sites (N-methyl/N-ethyl adjacent to an activating group) is 1. The van der Waals surface area contributed by atoms with Crippen LogP contribution in [0.4, 0.5) is 10.3 Å². The number of carboxylic acid groups (broad SMARTS) is 1. The molecule has 0 saturated carbocycles. The van der Waals surface area contributed by atoms with Crippen molar-refractivity contribution in [3.8, 4) is 50.8 Å². The Labute approximate surface area is 382 Å². The molecular weight excluding hydrogens is 883 g/mol. The summed E-state index contributed by atoms with van der Waals surface area (Å²) in [5.41, 5.74) is 4.30. The molecule has 64 heavy (non-hydrogen) atoms. The monoisotopic (exact) mass is 924 g/mol. The molecule has 0 radical (unpaired) electrons. The summed E-state index contributed by atoms with van der Waals surface area (Å²) in [4.78, 5) is 39.1. The van der Waals surface area contributed by atoms with Crippen molar-refractivity contribution < 1.29 is 33.2 Å². The number of anilines is 1. The molecule has 3 aromatic carbocycles. The number of hydrogen-bond donors (Lipinski definition) is 1. The maximum absolute atomic E-state index is 14.3. The Morgan fingerprint density at radius 2 is 1.77 bits per heavy atom. The highest BCUT2D eigenvalue weighted by molar-refractivity contribution is 7.22. The van der Waals surface area contributed by atoms with Gasteiger partial charge in [0.1, 0.15) is 53.8 Å². The third kappa shape index (κ3) is 8.70. The van der Waals surface area contributed by atoms with Crippen LogP contribution in [0.2, 0.25) is 10.0 Å². The van der Waals surface area contributed by atoms with E-state index in [-0.39, 0.29) is 31.6 Å². The van der Waals surface area contributed by atoms with Gasteiger partial charge in [-0.2, -0.15) is 5.26 Å². The molecule has 4 bridgehead atoms. The van der Waals surface area contributed by atoms with Gasteiger partial charge in [-0.3, -0.25) is 4.90 Å². The number of ether oxygens (including phenoxy) is 4. The Morgan fingerprint density at radius 3 is 2.47 bits per heavy atom. The minimum absolute atomic E-state index is 0.0185. The zero-order chi connectivity index (χ0) is 44.6. The van der Waals surface area contributed by atoms with E-state index in [1.165, 1.54) is 29.8 Å². The summed E-state index contributed by atoms with van der Waals surface area (Å²) in [6.07, 6.45) is 1.52. The lowest BCUT2D eigenvalue weighted by atomic mass is 9.92. The zero-order valence-corrected chi connectivity index (χ0v) is 37.5. The van der Waals surface area contributed by atoms with E-state index in [0.717, 1.165) is 32.6 Å². The van der Waals surface area contributed by atoms with Crippen molar-refractivity contribution in [2.75, 3.05) is 57.8 Å². The molecule has 18 heteroatoms.